The molecule has 0 aliphatic rings. The van der Waals surface area contributed by atoms with E-state index in [9.17, 15) is 9.36 Å². The Morgan fingerprint density at radius 1 is 0.957 bits per heavy atom. The molecule has 0 fully saturated rings. The van der Waals surface area contributed by atoms with Crippen LogP contribution in [0.4, 0.5) is 0 Å². The molecule has 23 heavy (non-hydrogen) atoms. The lowest BCUT2D eigenvalue weighted by atomic mass is 10.1. The Morgan fingerprint density at radius 2 is 1.39 bits per heavy atom. The van der Waals surface area contributed by atoms with Gasteiger partial charge in [-0.1, -0.05) is 60.9 Å². The lowest BCUT2D eigenvalue weighted by Crippen LogP contribution is -2.26. The average Bonchev–Trinajstić information content (AvgIpc) is 2.41. The van der Waals surface area contributed by atoms with Crippen molar-refractivity contribution >= 4 is 29.5 Å². The summed E-state index contributed by atoms with van der Waals surface area (Å²) in [4.78, 5) is 38.4. The Bertz CT molecular complexity index is 363. The summed E-state index contributed by atoms with van der Waals surface area (Å²) in [7, 11) is -3.81. The lowest BCUT2D eigenvalue weighted by Gasteiger charge is -2.12. The molecule has 0 atom stereocenters. The Balaban J connectivity index is 3.23. The molecule has 0 amide bonds. The van der Waals surface area contributed by atoms with Gasteiger partial charge in [-0.25, -0.2) is 4.79 Å². The molecule has 0 unspecified atom stereocenters. The minimum Gasteiger partial charge on any atom is -0.324 e. The second-order valence-electron chi connectivity index (χ2n) is 6.24. The molecule has 0 radical (unpaired) electrons. The topological polar surface area (TPSA) is 93.1 Å². The molecule has 0 bridgehead atoms. The highest BCUT2D eigenvalue weighted by Gasteiger charge is 2.26. The number of unbranched alkanes of at least 4 members (excludes halogenated alkanes) is 8. The van der Waals surface area contributed by atoms with Crippen LogP contribution in [0.1, 0.15) is 71.6 Å². The zero-order chi connectivity index (χ0) is 17.8. The summed E-state index contributed by atoms with van der Waals surface area (Å²) in [5.74, 6) is -0.434. The summed E-state index contributed by atoms with van der Waals surface area (Å²) in [5.41, 5.74) is 0. The first kappa shape index (κ1) is 23.1. The van der Waals surface area contributed by atoms with E-state index in [1.807, 2.05) is 0 Å². The second kappa shape index (κ2) is 12.4. The molecule has 0 aromatic heterocycles. The van der Waals surface area contributed by atoms with Crippen molar-refractivity contribution in [2.75, 3.05) is 12.8 Å². The number of carbonyl (C=O) groups excluding carboxylic acids is 1. The molecule has 0 aromatic carbocycles. The van der Waals surface area contributed by atoms with E-state index in [2.05, 4.69) is 20.8 Å². The zero-order valence-corrected chi connectivity index (χ0v) is 16.6. The number of rotatable bonds is 14. The highest BCUT2D eigenvalue weighted by Crippen LogP contribution is 2.35. The van der Waals surface area contributed by atoms with E-state index in [0.29, 0.717) is 13.0 Å². The quantitative estimate of drug-likeness (QED) is 0.144. The molecule has 0 aliphatic heterocycles. The predicted molar refractivity (Wildman–Crippen MR) is 93.5 cm³/mol. The molecule has 0 saturated heterocycles. The minimum atomic E-state index is -3.81. The molecule has 8 heteroatoms. The second-order valence-corrected chi connectivity index (χ2v) is 9.99. The smallest absolute Gasteiger partial charge is 0.324 e. The van der Waals surface area contributed by atoms with Gasteiger partial charge in [0.05, 0.1) is 6.61 Å². The molecule has 0 aromatic rings. The standard InChI is InChI=1S/C15H30BrO6P/c1-15(2,16)14(17)22-21-12-10-8-6-4-3-5-7-9-11-13-23(18,19)20/h3-13H2,1-2H3,(H2,18,19,20). The van der Waals surface area contributed by atoms with Gasteiger partial charge in [0.1, 0.15) is 4.32 Å². The van der Waals surface area contributed by atoms with Crippen molar-refractivity contribution < 1.29 is 28.9 Å². The Morgan fingerprint density at radius 3 is 1.83 bits per heavy atom. The molecule has 0 heterocycles. The van der Waals surface area contributed by atoms with E-state index >= 15 is 0 Å². The maximum absolute atomic E-state index is 11.4. The Labute approximate surface area is 147 Å². The average molecular weight is 417 g/mol. The first-order chi connectivity index (χ1) is 10.6. The minimum absolute atomic E-state index is 0.00380. The molecule has 2 N–H and O–H groups in total. The molecule has 0 spiro atoms. The number of hydrogen-bond acceptors (Lipinski definition) is 4. The van der Waals surface area contributed by atoms with Gasteiger partial charge in [0.15, 0.2) is 0 Å². The zero-order valence-electron chi connectivity index (χ0n) is 14.1. The molecular weight excluding hydrogens is 387 g/mol. The monoisotopic (exact) mass is 416 g/mol. The summed E-state index contributed by atoms with van der Waals surface area (Å²) in [6.07, 6.45) is 8.92. The number of hydrogen-bond donors (Lipinski definition) is 2. The third-order valence-electron chi connectivity index (χ3n) is 3.30. The summed E-state index contributed by atoms with van der Waals surface area (Å²) < 4.78 is 9.93. The van der Waals surface area contributed by atoms with Crippen LogP contribution in [0.15, 0.2) is 0 Å². The summed E-state index contributed by atoms with van der Waals surface area (Å²) >= 11 is 3.19. The van der Waals surface area contributed by atoms with E-state index in [0.717, 1.165) is 51.4 Å². The fourth-order valence-corrected chi connectivity index (χ4v) is 2.61. The van der Waals surface area contributed by atoms with Crippen LogP contribution in [-0.2, 0) is 19.1 Å². The van der Waals surface area contributed by atoms with Crippen LogP contribution in [0.5, 0.6) is 0 Å². The highest BCUT2D eigenvalue weighted by molar-refractivity contribution is 9.10. The maximum Gasteiger partial charge on any atom is 0.358 e. The summed E-state index contributed by atoms with van der Waals surface area (Å²) in [6.45, 7) is 3.81. The van der Waals surface area contributed by atoms with Crippen LogP contribution in [0.2, 0.25) is 0 Å². The van der Waals surface area contributed by atoms with Gasteiger partial charge in [0.2, 0.25) is 0 Å². The van der Waals surface area contributed by atoms with Gasteiger partial charge in [-0.3, -0.25) is 9.45 Å². The van der Waals surface area contributed by atoms with Crippen molar-refractivity contribution in [2.45, 2.75) is 76.0 Å². The first-order valence-corrected chi connectivity index (χ1v) is 10.8. The van der Waals surface area contributed by atoms with Gasteiger partial charge < -0.3 is 9.79 Å². The van der Waals surface area contributed by atoms with Gasteiger partial charge in [0, 0.05) is 6.16 Å². The van der Waals surface area contributed by atoms with Crippen LogP contribution in [-0.4, -0.2) is 32.8 Å². The number of halogens is 1. The normalized spacial score (nSPS) is 12.4. The number of alkyl halides is 1. The van der Waals surface area contributed by atoms with Crippen LogP contribution < -0.4 is 0 Å². The third-order valence-corrected chi connectivity index (χ3v) is 4.52. The van der Waals surface area contributed by atoms with Crippen LogP contribution in [0, 0.1) is 0 Å². The molecular formula is C15H30BrO6P. The first-order valence-electron chi connectivity index (χ1n) is 8.20. The van der Waals surface area contributed by atoms with Crippen molar-refractivity contribution in [2.24, 2.45) is 0 Å². The van der Waals surface area contributed by atoms with Crippen molar-refractivity contribution in [1.82, 2.24) is 0 Å². The van der Waals surface area contributed by atoms with E-state index < -0.39 is 17.9 Å². The molecule has 0 aliphatic carbocycles. The van der Waals surface area contributed by atoms with Gasteiger partial charge in [0.25, 0.3) is 0 Å². The fraction of sp³-hybridized carbons (Fsp3) is 0.933. The molecule has 0 rings (SSSR count). The summed E-state index contributed by atoms with van der Waals surface area (Å²) in [6, 6.07) is 0. The van der Waals surface area contributed by atoms with E-state index in [1.54, 1.807) is 13.8 Å². The van der Waals surface area contributed by atoms with E-state index in [4.69, 9.17) is 14.7 Å². The third kappa shape index (κ3) is 16.7. The maximum atomic E-state index is 11.4. The number of carbonyl (C=O) groups is 1. The van der Waals surface area contributed by atoms with Crippen molar-refractivity contribution in [3.05, 3.63) is 0 Å². The molecule has 6 nitrogen and oxygen atoms in total. The predicted octanol–water partition coefficient (Wildman–Crippen LogP) is 4.32. The highest BCUT2D eigenvalue weighted by atomic mass is 79.9. The lowest BCUT2D eigenvalue weighted by molar-refractivity contribution is -0.274. The van der Waals surface area contributed by atoms with Crippen LogP contribution in [0.3, 0.4) is 0 Å². The van der Waals surface area contributed by atoms with E-state index in [-0.39, 0.29) is 6.16 Å². The summed E-state index contributed by atoms with van der Waals surface area (Å²) in [5, 5.41) is 0. The van der Waals surface area contributed by atoms with Crippen molar-refractivity contribution in [3.63, 3.8) is 0 Å². The Hall–Kier alpha value is 0.0600. The SMILES string of the molecule is CC(C)(Br)C(=O)OOCCCCCCCCCCCP(=O)(O)O. The van der Waals surface area contributed by atoms with Crippen molar-refractivity contribution in [3.8, 4) is 0 Å². The molecule has 138 valence electrons. The Kier molecular flexibility index (Phi) is 12.5. The van der Waals surface area contributed by atoms with Gasteiger partial charge in [-0.15, -0.1) is 0 Å². The van der Waals surface area contributed by atoms with Crippen molar-refractivity contribution in [1.29, 1.82) is 0 Å². The van der Waals surface area contributed by atoms with Crippen LogP contribution in [0.25, 0.3) is 0 Å². The van der Waals surface area contributed by atoms with E-state index in [1.165, 1.54) is 0 Å². The van der Waals surface area contributed by atoms with Gasteiger partial charge >= 0.3 is 13.6 Å². The van der Waals surface area contributed by atoms with Gasteiger partial charge in [-0.05, 0) is 26.7 Å². The largest absolute Gasteiger partial charge is 0.358 e. The van der Waals surface area contributed by atoms with Crippen LogP contribution >= 0.6 is 23.5 Å². The molecule has 0 saturated carbocycles. The fourth-order valence-electron chi connectivity index (χ4n) is 1.91. The van der Waals surface area contributed by atoms with Gasteiger partial charge in [-0.2, -0.15) is 4.89 Å².